The SMILES string of the molecule is NCc1ccc(NC(=O)CC2CCc3cc(Cl)cc4[nH]c(C(=O)O)c2c34)c(C(=O)O)c1. The van der Waals surface area contributed by atoms with Crippen LogP contribution in [0.4, 0.5) is 5.69 Å². The van der Waals surface area contributed by atoms with Crippen LogP contribution in [0.2, 0.25) is 5.02 Å². The Morgan fingerprint density at radius 2 is 1.94 bits per heavy atom. The van der Waals surface area contributed by atoms with Crippen LogP contribution in [0.5, 0.6) is 0 Å². The molecule has 31 heavy (non-hydrogen) atoms. The van der Waals surface area contributed by atoms with Crippen molar-refractivity contribution in [1.82, 2.24) is 4.98 Å². The molecule has 0 bridgehead atoms. The number of aromatic carboxylic acids is 2. The minimum Gasteiger partial charge on any atom is -0.478 e. The zero-order chi connectivity index (χ0) is 22.3. The van der Waals surface area contributed by atoms with Gasteiger partial charge in [-0.25, -0.2) is 9.59 Å². The topological polar surface area (TPSA) is 146 Å². The van der Waals surface area contributed by atoms with Crippen LogP contribution in [0.1, 0.15) is 56.3 Å². The van der Waals surface area contributed by atoms with Crippen LogP contribution in [0.3, 0.4) is 0 Å². The fraction of sp³-hybridized carbons (Fsp3) is 0.227. The molecule has 0 fully saturated rings. The van der Waals surface area contributed by atoms with Crippen molar-refractivity contribution in [3.63, 3.8) is 0 Å². The van der Waals surface area contributed by atoms with Gasteiger partial charge in [0.1, 0.15) is 5.69 Å². The Morgan fingerprint density at radius 3 is 2.61 bits per heavy atom. The number of nitrogens with two attached hydrogens (primary N) is 1. The van der Waals surface area contributed by atoms with Crippen LogP contribution in [0, 0.1) is 0 Å². The third kappa shape index (κ3) is 3.87. The number of aromatic nitrogens is 1. The lowest BCUT2D eigenvalue weighted by Crippen LogP contribution is -2.20. The molecule has 1 aliphatic carbocycles. The first-order valence-electron chi connectivity index (χ1n) is 9.72. The van der Waals surface area contributed by atoms with E-state index >= 15 is 0 Å². The van der Waals surface area contributed by atoms with Crippen molar-refractivity contribution >= 4 is 46.0 Å². The van der Waals surface area contributed by atoms with Crippen LogP contribution in [0.25, 0.3) is 10.9 Å². The van der Waals surface area contributed by atoms with E-state index in [4.69, 9.17) is 17.3 Å². The lowest BCUT2D eigenvalue weighted by Gasteiger charge is -2.23. The van der Waals surface area contributed by atoms with Crippen molar-refractivity contribution in [3.8, 4) is 0 Å². The number of amides is 1. The number of hydrogen-bond acceptors (Lipinski definition) is 4. The highest BCUT2D eigenvalue weighted by molar-refractivity contribution is 6.31. The molecular weight excluding hydrogens is 422 g/mol. The number of H-pyrrole nitrogens is 1. The second-order valence-corrected chi connectivity index (χ2v) is 8.02. The van der Waals surface area contributed by atoms with Crippen LogP contribution >= 0.6 is 11.6 Å². The molecule has 2 aromatic carbocycles. The smallest absolute Gasteiger partial charge is 0.352 e. The summed E-state index contributed by atoms with van der Waals surface area (Å²) in [4.78, 5) is 39.1. The monoisotopic (exact) mass is 441 g/mol. The summed E-state index contributed by atoms with van der Waals surface area (Å²) in [5.41, 5.74) is 8.55. The zero-order valence-corrected chi connectivity index (χ0v) is 17.1. The van der Waals surface area contributed by atoms with Crippen LogP contribution in [-0.4, -0.2) is 33.0 Å². The molecule has 9 heteroatoms. The minimum atomic E-state index is -1.17. The summed E-state index contributed by atoms with van der Waals surface area (Å²) < 4.78 is 0. The number of halogens is 1. The molecule has 1 unspecified atom stereocenters. The average Bonchev–Trinajstić information content (AvgIpc) is 3.11. The summed E-state index contributed by atoms with van der Waals surface area (Å²) in [6.07, 6.45) is 1.25. The molecule has 6 N–H and O–H groups in total. The largest absolute Gasteiger partial charge is 0.478 e. The molecular formula is C22H20ClN3O5. The van der Waals surface area contributed by atoms with Gasteiger partial charge in [0, 0.05) is 28.9 Å². The molecule has 4 rings (SSSR count). The van der Waals surface area contributed by atoms with E-state index in [-0.39, 0.29) is 35.8 Å². The molecule has 1 aromatic heterocycles. The van der Waals surface area contributed by atoms with Crippen LogP contribution < -0.4 is 11.1 Å². The second-order valence-electron chi connectivity index (χ2n) is 7.58. The van der Waals surface area contributed by atoms with Gasteiger partial charge < -0.3 is 26.2 Å². The predicted octanol–water partition coefficient (Wildman–Crippen LogP) is 3.74. The van der Waals surface area contributed by atoms with E-state index in [1.807, 2.05) is 6.07 Å². The second kappa shape index (κ2) is 8.05. The summed E-state index contributed by atoms with van der Waals surface area (Å²) >= 11 is 6.15. The Kier molecular flexibility index (Phi) is 5.43. The van der Waals surface area contributed by atoms with Gasteiger partial charge in [0.25, 0.3) is 0 Å². The fourth-order valence-electron chi connectivity index (χ4n) is 4.29. The number of carboxylic acids is 2. The van der Waals surface area contributed by atoms with Crippen LogP contribution in [0.15, 0.2) is 30.3 Å². The van der Waals surface area contributed by atoms with E-state index in [1.54, 1.807) is 12.1 Å². The van der Waals surface area contributed by atoms with E-state index in [0.29, 0.717) is 34.5 Å². The Morgan fingerprint density at radius 1 is 1.16 bits per heavy atom. The highest BCUT2D eigenvalue weighted by atomic mass is 35.5. The van der Waals surface area contributed by atoms with E-state index in [0.717, 1.165) is 10.9 Å². The number of aromatic amines is 1. The molecule has 0 radical (unpaired) electrons. The lowest BCUT2D eigenvalue weighted by molar-refractivity contribution is -0.116. The number of carbonyl (C=O) groups is 3. The number of hydrogen-bond donors (Lipinski definition) is 5. The average molecular weight is 442 g/mol. The molecule has 1 aliphatic rings. The number of nitrogens with one attached hydrogen (secondary N) is 2. The molecule has 0 saturated heterocycles. The van der Waals surface area contributed by atoms with Gasteiger partial charge in [0.15, 0.2) is 0 Å². The first-order chi connectivity index (χ1) is 14.8. The standard InChI is InChI=1S/C22H20ClN3O5/c23-13-6-11-2-3-12(19-18(11)16(8-13)26-20(19)22(30)31)7-17(27)25-15-4-1-10(9-24)5-14(15)21(28)29/h1,4-6,8,12,26H,2-3,7,9,24H2,(H,25,27)(H,28,29)(H,30,31). The van der Waals surface area contributed by atoms with Gasteiger partial charge in [0.05, 0.1) is 11.3 Å². The number of rotatable bonds is 6. The molecule has 160 valence electrons. The molecule has 0 saturated carbocycles. The van der Waals surface area contributed by atoms with Gasteiger partial charge in [0.2, 0.25) is 5.91 Å². The number of carboxylic acid groups (broad SMARTS) is 2. The predicted molar refractivity (Wildman–Crippen MR) is 116 cm³/mol. The number of anilines is 1. The summed E-state index contributed by atoms with van der Waals surface area (Å²) in [6, 6.07) is 8.09. The number of benzene rings is 2. The zero-order valence-electron chi connectivity index (χ0n) is 16.4. The van der Waals surface area contributed by atoms with Gasteiger partial charge in [-0.3, -0.25) is 4.79 Å². The van der Waals surface area contributed by atoms with E-state index in [9.17, 15) is 24.6 Å². The lowest BCUT2D eigenvalue weighted by atomic mass is 9.81. The Hall–Kier alpha value is -3.36. The quantitative estimate of drug-likeness (QED) is 0.394. The number of aryl methyl sites for hydroxylation is 1. The van der Waals surface area contributed by atoms with E-state index < -0.39 is 17.8 Å². The Balaban J connectivity index is 1.65. The van der Waals surface area contributed by atoms with Gasteiger partial charge in [-0.2, -0.15) is 0 Å². The van der Waals surface area contributed by atoms with Crippen molar-refractivity contribution in [1.29, 1.82) is 0 Å². The van der Waals surface area contributed by atoms with Gasteiger partial charge in [-0.05, 0) is 59.7 Å². The van der Waals surface area contributed by atoms with Crippen LogP contribution in [-0.2, 0) is 17.8 Å². The first kappa shape index (κ1) is 20.9. The van der Waals surface area contributed by atoms with Crippen molar-refractivity contribution < 1.29 is 24.6 Å². The molecule has 1 amide bonds. The first-order valence-corrected chi connectivity index (χ1v) is 10.1. The Labute approximate surface area is 182 Å². The fourth-order valence-corrected chi connectivity index (χ4v) is 4.53. The van der Waals surface area contributed by atoms with Gasteiger partial charge in [-0.1, -0.05) is 17.7 Å². The summed E-state index contributed by atoms with van der Waals surface area (Å²) in [5, 5.41) is 23.1. The maximum atomic E-state index is 12.8. The molecule has 3 aromatic rings. The van der Waals surface area contributed by atoms with Crippen molar-refractivity contribution in [2.45, 2.75) is 31.7 Å². The van der Waals surface area contributed by atoms with Crippen molar-refractivity contribution in [2.24, 2.45) is 5.73 Å². The normalized spacial score (nSPS) is 15.1. The summed E-state index contributed by atoms with van der Waals surface area (Å²) in [7, 11) is 0. The number of carbonyl (C=O) groups excluding carboxylic acids is 1. The van der Waals surface area contributed by atoms with Gasteiger partial charge in [-0.15, -0.1) is 0 Å². The van der Waals surface area contributed by atoms with Crippen molar-refractivity contribution in [3.05, 3.63) is 63.3 Å². The van der Waals surface area contributed by atoms with E-state index in [2.05, 4.69) is 10.3 Å². The highest BCUT2D eigenvalue weighted by Gasteiger charge is 2.31. The maximum Gasteiger partial charge on any atom is 0.352 e. The Bertz CT molecular complexity index is 1230. The molecule has 8 nitrogen and oxygen atoms in total. The molecule has 1 heterocycles. The molecule has 0 aliphatic heterocycles. The third-order valence-corrected chi connectivity index (χ3v) is 5.84. The maximum absolute atomic E-state index is 12.8. The third-order valence-electron chi connectivity index (χ3n) is 5.62. The molecule has 1 atom stereocenters. The van der Waals surface area contributed by atoms with Crippen molar-refractivity contribution in [2.75, 3.05) is 5.32 Å². The molecule has 0 spiro atoms. The summed E-state index contributed by atoms with van der Waals surface area (Å²) in [6.45, 7) is 0.182. The highest BCUT2D eigenvalue weighted by Crippen LogP contribution is 2.42. The van der Waals surface area contributed by atoms with Gasteiger partial charge >= 0.3 is 11.9 Å². The van der Waals surface area contributed by atoms with E-state index in [1.165, 1.54) is 12.1 Å². The minimum absolute atomic E-state index is 0.0208. The summed E-state index contributed by atoms with van der Waals surface area (Å²) in [5.74, 6) is -3.00.